The van der Waals surface area contributed by atoms with Crippen LogP contribution in [-0.2, 0) is 16.1 Å². The Bertz CT molecular complexity index is 492. The molecule has 1 unspecified atom stereocenters. The number of ether oxygens (including phenoxy) is 1. The SMILES string of the molecule is COCc1ccc(C2CCCN2CC2(C(=O)O)CC2)o1. The predicted octanol–water partition coefficient (Wildman–Crippen LogP) is 2.43. The third-order valence-corrected chi connectivity index (χ3v) is 4.47. The number of carboxylic acids is 1. The molecule has 0 aromatic carbocycles. The predicted molar refractivity (Wildman–Crippen MR) is 72.3 cm³/mol. The summed E-state index contributed by atoms with van der Waals surface area (Å²) in [4.78, 5) is 13.6. The van der Waals surface area contributed by atoms with Gasteiger partial charge < -0.3 is 14.3 Å². The van der Waals surface area contributed by atoms with Crippen LogP contribution >= 0.6 is 0 Å². The van der Waals surface area contributed by atoms with E-state index in [4.69, 9.17) is 9.15 Å². The summed E-state index contributed by atoms with van der Waals surface area (Å²) in [5.74, 6) is 1.12. The van der Waals surface area contributed by atoms with E-state index in [2.05, 4.69) is 4.90 Å². The van der Waals surface area contributed by atoms with Crippen LogP contribution in [0.1, 0.15) is 43.2 Å². The van der Waals surface area contributed by atoms with Gasteiger partial charge in [-0.2, -0.15) is 0 Å². The summed E-state index contributed by atoms with van der Waals surface area (Å²) >= 11 is 0. The van der Waals surface area contributed by atoms with E-state index >= 15 is 0 Å². The molecule has 5 heteroatoms. The molecule has 110 valence electrons. The van der Waals surface area contributed by atoms with E-state index in [0.29, 0.717) is 13.2 Å². The van der Waals surface area contributed by atoms with Crippen molar-refractivity contribution in [1.82, 2.24) is 4.90 Å². The van der Waals surface area contributed by atoms with E-state index in [1.807, 2.05) is 12.1 Å². The normalized spacial score (nSPS) is 24.9. The molecule has 1 aliphatic carbocycles. The van der Waals surface area contributed by atoms with Gasteiger partial charge in [-0.3, -0.25) is 9.69 Å². The van der Waals surface area contributed by atoms with Crippen LogP contribution < -0.4 is 0 Å². The van der Waals surface area contributed by atoms with E-state index in [0.717, 1.165) is 43.7 Å². The minimum Gasteiger partial charge on any atom is -0.481 e. The Balaban J connectivity index is 1.70. The molecule has 2 heterocycles. The fourth-order valence-corrected chi connectivity index (χ4v) is 3.11. The van der Waals surface area contributed by atoms with Gasteiger partial charge in [0, 0.05) is 13.7 Å². The van der Waals surface area contributed by atoms with Crippen LogP contribution in [0.4, 0.5) is 0 Å². The first-order valence-corrected chi connectivity index (χ1v) is 7.20. The van der Waals surface area contributed by atoms with Crippen molar-refractivity contribution in [3.63, 3.8) is 0 Å². The number of hydrogen-bond donors (Lipinski definition) is 1. The summed E-state index contributed by atoms with van der Waals surface area (Å²) in [6.45, 7) is 2.08. The zero-order chi connectivity index (χ0) is 14.2. The Morgan fingerprint density at radius 3 is 3.00 bits per heavy atom. The average molecular weight is 279 g/mol. The molecule has 5 nitrogen and oxygen atoms in total. The molecule has 3 rings (SSSR count). The molecule has 2 aliphatic rings. The zero-order valence-electron chi connectivity index (χ0n) is 11.8. The molecule has 20 heavy (non-hydrogen) atoms. The monoisotopic (exact) mass is 279 g/mol. The number of likely N-dealkylation sites (tertiary alicyclic amines) is 1. The van der Waals surface area contributed by atoms with Gasteiger partial charge in [0.15, 0.2) is 0 Å². The van der Waals surface area contributed by atoms with E-state index in [-0.39, 0.29) is 6.04 Å². The number of rotatable bonds is 6. The first kappa shape index (κ1) is 13.6. The molecular weight excluding hydrogens is 258 g/mol. The maximum Gasteiger partial charge on any atom is 0.310 e. The number of aliphatic carboxylic acids is 1. The lowest BCUT2D eigenvalue weighted by molar-refractivity contribution is -0.144. The van der Waals surface area contributed by atoms with Crippen molar-refractivity contribution in [2.45, 2.75) is 38.3 Å². The topological polar surface area (TPSA) is 62.9 Å². The highest BCUT2D eigenvalue weighted by molar-refractivity contribution is 5.78. The largest absolute Gasteiger partial charge is 0.481 e. The summed E-state index contributed by atoms with van der Waals surface area (Å²) in [6.07, 6.45) is 3.74. The molecule has 1 saturated heterocycles. The van der Waals surface area contributed by atoms with Gasteiger partial charge in [0.2, 0.25) is 0 Å². The molecule has 2 fully saturated rings. The standard InChI is InChI=1S/C15H21NO4/c1-19-9-11-4-5-13(20-11)12-3-2-8-16(12)10-15(6-7-15)14(17)18/h4-5,12H,2-3,6-10H2,1H3,(H,17,18). The first-order chi connectivity index (χ1) is 9.64. The van der Waals surface area contributed by atoms with Crippen LogP contribution in [0.5, 0.6) is 0 Å². The number of carboxylic acid groups (broad SMARTS) is 1. The summed E-state index contributed by atoms with van der Waals surface area (Å²) in [6, 6.07) is 4.16. The van der Waals surface area contributed by atoms with Crippen molar-refractivity contribution in [3.05, 3.63) is 23.7 Å². The highest BCUT2D eigenvalue weighted by atomic mass is 16.5. The van der Waals surface area contributed by atoms with Crippen LogP contribution in [0.15, 0.2) is 16.5 Å². The first-order valence-electron chi connectivity index (χ1n) is 7.20. The third-order valence-electron chi connectivity index (χ3n) is 4.47. The van der Waals surface area contributed by atoms with Gasteiger partial charge in [-0.05, 0) is 44.4 Å². The zero-order valence-corrected chi connectivity index (χ0v) is 11.8. The van der Waals surface area contributed by atoms with Crippen LogP contribution in [0.3, 0.4) is 0 Å². The summed E-state index contributed by atoms with van der Waals surface area (Å²) in [5, 5.41) is 9.33. The Morgan fingerprint density at radius 2 is 2.35 bits per heavy atom. The lowest BCUT2D eigenvalue weighted by atomic mass is 10.1. The summed E-state index contributed by atoms with van der Waals surface area (Å²) < 4.78 is 10.9. The molecule has 1 saturated carbocycles. The van der Waals surface area contributed by atoms with Gasteiger partial charge in [-0.15, -0.1) is 0 Å². The number of carbonyl (C=O) groups is 1. The van der Waals surface area contributed by atoms with Crippen LogP contribution in [0, 0.1) is 5.41 Å². The van der Waals surface area contributed by atoms with Crippen molar-refractivity contribution in [3.8, 4) is 0 Å². The Morgan fingerprint density at radius 1 is 1.55 bits per heavy atom. The number of methoxy groups -OCH3 is 1. The minimum absolute atomic E-state index is 0.220. The molecule has 0 bridgehead atoms. The molecule has 1 atom stereocenters. The second kappa shape index (κ2) is 5.22. The van der Waals surface area contributed by atoms with Crippen molar-refractivity contribution >= 4 is 5.97 Å². The maximum atomic E-state index is 11.3. The summed E-state index contributed by atoms with van der Waals surface area (Å²) in [5.41, 5.74) is -0.495. The van der Waals surface area contributed by atoms with Crippen molar-refractivity contribution < 1.29 is 19.1 Å². The molecule has 1 aromatic heterocycles. The molecule has 1 N–H and O–H groups in total. The fourth-order valence-electron chi connectivity index (χ4n) is 3.11. The molecule has 0 amide bonds. The van der Waals surface area contributed by atoms with Crippen molar-refractivity contribution in [2.75, 3.05) is 20.2 Å². The Labute approximate surface area is 118 Å². The molecule has 0 spiro atoms. The van der Waals surface area contributed by atoms with Crippen LogP contribution in [0.25, 0.3) is 0 Å². The molecule has 1 aromatic rings. The number of hydrogen-bond acceptors (Lipinski definition) is 4. The fraction of sp³-hybridized carbons (Fsp3) is 0.667. The third kappa shape index (κ3) is 2.47. The molecular formula is C15H21NO4. The Kier molecular flexibility index (Phi) is 3.56. The summed E-state index contributed by atoms with van der Waals surface area (Å²) in [7, 11) is 1.65. The quantitative estimate of drug-likeness (QED) is 0.866. The second-order valence-electron chi connectivity index (χ2n) is 5.95. The average Bonchev–Trinajstić information content (AvgIpc) is 2.84. The van der Waals surface area contributed by atoms with E-state index in [1.165, 1.54) is 0 Å². The van der Waals surface area contributed by atoms with Gasteiger partial charge in [0.25, 0.3) is 0 Å². The highest BCUT2D eigenvalue weighted by Gasteiger charge is 2.52. The van der Waals surface area contributed by atoms with Gasteiger partial charge in [0.05, 0.1) is 11.5 Å². The lowest BCUT2D eigenvalue weighted by Crippen LogP contribution is -2.34. The second-order valence-corrected chi connectivity index (χ2v) is 5.95. The van der Waals surface area contributed by atoms with Crippen LogP contribution in [0.2, 0.25) is 0 Å². The number of nitrogens with zero attached hydrogens (tertiary/aromatic N) is 1. The van der Waals surface area contributed by atoms with Gasteiger partial charge in [-0.1, -0.05) is 0 Å². The van der Waals surface area contributed by atoms with E-state index in [1.54, 1.807) is 7.11 Å². The molecule has 0 radical (unpaired) electrons. The maximum absolute atomic E-state index is 11.3. The van der Waals surface area contributed by atoms with Crippen LogP contribution in [-0.4, -0.2) is 36.2 Å². The smallest absolute Gasteiger partial charge is 0.310 e. The van der Waals surface area contributed by atoms with Gasteiger partial charge in [-0.25, -0.2) is 0 Å². The Hall–Kier alpha value is -1.33. The van der Waals surface area contributed by atoms with Gasteiger partial charge >= 0.3 is 5.97 Å². The highest BCUT2D eigenvalue weighted by Crippen LogP contribution is 2.48. The minimum atomic E-state index is -0.650. The van der Waals surface area contributed by atoms with Crippen molar-refractivity contribution in [2.24, 2.45) is 5.41 Å². The van der Waals surface area contributed by atoms with Crippen molar-refractivity contribution in [1.29, 1.82) is 0 Å². The van der Waals surface area contributed by atoms with E-state index in [9.17, 15) is 9.90 Å². The lowest BCUT2D eigenvalue weighted by Gasteiger charge is -2.25. The molecule has 1 aliphatic heterocycles. The van der Waals surface area contributed by atoms with E-state index < -0.39 is 11.4 Å². The number of furan rings is 1. The van der Waals surface area contributed by atoms with Gasteiger partial charge in [0.1, 0.15) is 18.1 Å².